The zero-order valence-corrected chi connectivity index (χ0v) is 24.4. The maximum Gasteiger partial charge on any atom is 0.419 e. The van der Waals surface area contributed by atoms with Crippen molar-refractivity contribution < 1.29 is 28.6 Å². The quantitative estimate of drug-likeness (QED) is 0.176. The van der Waals surface area contributed by atoms with E-state index >= 15 is 0 Å². The van der Waals surface area contributed by atoms with E-state index in [1.807, 2.05) is 12.1 Å². The predicted octanol–water partition coefficient (Wildman–Crippen LogP) is 1.81. The van der Waals surface area contributed by atoms with E-state index < -0.39 is 17.8 Å². The lowest BCUT2D eigenvalue weighted by molar-refractivity contribution is 0.0599. The smallest absolute Gasteiger partial charge is 0.419 e. The van der Waals surface area contributed by atoms with Crippen molar-refractivity contribution in [3.63, 3.8) is 0 Å². The van der Waals surface area contributed by atoms with Gasteiger partial charge in [0.15, 0.2) is 17.0 Å². The summed E-state index contributed by atoms with van der Waals surface area (Å²) in [5.74, 6) is -2.85. The van der Waals surface area contributed by atoms with Crippen LogP contribution in [0.5, 0.6) is 0 Å². The maximum atomic E-state index is 12.8. The number of nitrogens with zero attached hydrogens (tertiary/aromatic N) is 4. The van der Waals surface area contributed by atoms with Crippen LogP contribution in [0, 0.1) is 0 Å². The molecule has 0 aliphatic heterocycles. The van der Waals surface area contributed by atoms with Crippen molar-refractivity contribution in [1.29, 1.82) is 0 Å². The Balaban J connectivity index is 0.000000264. The van der Waals surface area contributed by atoms with Gasteiger partial charge in [-0.15, -0.1) is 12.4 Å². The van der Waals surface area contributed by atoms with Crippen LogP contribution in [0.1, 0.15) is 60.5 Å². The van der Waals surface area contributed by atoms with Gasteiger partial charge < -0.3 is 36.8 Å². The van der Waals surface area contributed by atoms with Crippen molar-refractivity contribution >= 4 is 58.8 Å². The van der Waals surface area contributed by atoms with Gasteiger partial charge in [-0.25, -0.2) is 19.4 Å². The number of ether oxygens (including phenoxy) is 1. The van der Waals surface area contributed by atoms with Crippen LogP contribution in [0.2, 0.25) is 0 Å². The first kappa shape index (κ1) is 31.5. The first-order valence-corrected chi connectivity index (χ1v) is 13.0. The number of hydrogen-bond donors (Lipinski definition) is 5. The second-order valence-corrected chi connectivity index (χ2v) is 9.75. The van der Waals surface area contributed by atoms with Gasteiger partial charge in [0.1, 0.15) is 11.4 Å². The maximum absolute atomic E-state index is 12.8. The molecule has 15 nitrogen and oxygen atoms in total. The minimum absolute atomic E-state index is 0. The van der Waals surface area contributed by atoms with Gasteiger partial charge in [-0.2, -0.15) is 4.98 Å². The Morgan fingerprint density at radius 1 is 1.14 bits per heavy atom. The summed E-state index contributed by atoms with van der Waals surface area (Å²) >= 11 is 0. The largest absolute Gasteiger partial charge is 0.477 e. The fourth-order valence-electron chi connectivity index (χ4n) is 4.95. The van der Waals surface area contributed by atoms with Crippen molar-refractivity contribution in [3.8, 4) is 0 Å². The van der Waals surface area contributed by atoms with E-state index in [1.165, 1.54) is 11.7 Å². The van der Waals surface area contributed by atoms with Crippen LogP contribution in [0.4, 0.5) is 11.8 Å². The average Bonchev–Trinajstić information content (AvgIpc) is 3.63. The second kappa shape index (κ2) is 12.4. The summed E-state index contributed by atoms with van der Waals surface area (Å²) in [6, 6.07) is 11.4. The number of carboxylic acids is 1. The molecule has 1 aliphatic rings. The third kappa shape index (κ3) is 5.77. The SMILES string of the molecule is COC(=O)c1ccc2c(c1)CC[C@@H]2NC(=O)c1cc(C(=O)O)n2c(N)nc(N)c2n1.Cl.Cn1c(=O)oc2ccc(CN)cc21. The number of rotatable bonds is 5. The minimum Gasteiger partial charge on any atom is -0.477 e. The highest BCUT2D eigenvalue weighted by molar-refractivity contribution is 5.97. The summed E-state index contributed by atoms with van der Waals surface area (Å²) in [6.45, 7) is 0.468. The molecule has 44 heavy (non-hydrogen) atoms. The van der Waals surface area contributed by atoms with Crippen LogP contribution in [-0.4, -0.2) is 49.0 Å². The van der Waals surface area contributed by atoms with Gasteiger partial charge in [-0.05, 0) is 53.8 Å². The van der Waals surface area contributed by atoms with Crippen molar-refractivity contribution in [2.75, 3.05) is 18.6 Å². The molecule has 3 heterocycles. The molecule has 1 amide bonds. The number of oxazole rings is 1. The number of hydrogen-bond acceptors (Lipinski definition) is 11. The number of amides is 1. The van der Waals surface area contributed by atoms with E-state index in [9.17, 15) is 24.3 Å². The molecule has 1 atom stereocenters. The van der Waals surface area contributed by atoms with E-state index in [4.69, 9.17) is 26.4 Å². The molecule has 230 valence electrons. The summed E-state index contributed by atoms with van der Waals surface area (Å²) in [7, 11) is 2.99. The molecule has 0 spiro atoms. The number of carbonyl (C=O) groups is 3. The Morgan fingerprint density at radius 3 is 2.57 bits per heavy atom. The number of halogens is 1. The zero-order valence-electron chi connectivity index (χ0n) is 23.6. The predicted molar refractivity (Wildman–Crippen MR) is 162 cm³/mol. The lowest BCUT2D eigenvalue weighted by atomic mass is 10.0. The molecule has 5 aromatic rings. The van der Waals surface area contributed by atoms with Gasteiger partial charge in [-0.3, -0.25) is 13.8 Å². The number of fused-ring (bicyclic) bond motifs is 3. The van der Waals surface area contributed by atoms with Gasteiger partial charge in [0.05, 0.1) is 24.2 Å². The van der Waals surface area contributed by atoms with Crippen LogP contribution in [0.3, 0.4) is 0 Å². The number of aromatic carboxylic acids is 1. The minimum atomic E-state index is -1.30. The van der Waals surface area contributed by atoms with Gasteiger partial charge in [-0.1, -0.05) is 12.1 Å². The van der Waals surface area contributed by atoms with Gasteiger partial charge >= 0.3 is 17.7 Å². The van der Waals surface area contributed by atoms with E-state index in [2.05, 4.69) is 15.3 Å². The normalized spacial score (nSPS) is 13.5. The summed E-state index contributed by atoms with van der Waals surface area (Å²) in [5, 5.41) is 12.3. The monoisotopic (exact) mass is 624 g/mol. The Labute approximate surface area is 255 Å². The molecule has 6 rings (SSSR count). The van der Waals surface area contributed by atoms with E-state index in [-0.39, 0.29) is 53.0 Å². The number of imidazole rings is 1. The Kier molecular flexibility index (Phi) is 8.92. The molecule has 0 saturated heterocycles. The van der Waals surface area contributed by atoms with Crippen LogP contribution in [0.15, 0.2) is 51.7 Å². The fraction of sp³-hybridized carbons (Fsp3) is 0.214. The van der Waals surface area contributed by atoms with Crippen LogP contribution < -0.4 is 28.3 Å². The molecule has 0 radical (unpaired) electrons. The number of aromatic nitrogens is 4. The van der Waals surface area contributed by atoms with E-state index in [0.717, 1.165) is 32.7 Å². The number of carbonyl (C=O) groups excluding carboxylic acids is 2. The summed E-state index contributed by atoms with van der Waals surface area (Å²) in [4.78, 5) is 55.2. The lowest BCUT2D eigenvalue weighted by Crippen LogP contribution is -2.28. The number of carboxylic acid groups (broad SMARTS) is 1. The van der Waals surface area contributed by atoms with Crippen molar-refractivity contribution in [2.24, 2.45) is 12.8 Å². The van der Waals surface area contributed by atoms with E-state index in [1.54, 1.807) is 31.3 Å². The average molecular weight is 625 g/mol. The molecular weight excluding hydrogens is 596 g/mol. The van der Waals surface area contributed by atoms with Gasteiger partial charge in [0.2, 0.25) is 5.95 Å². The van der Waals surface area contributed by atoms with Crippen LogP contribution >= 0.6 is 12.4 Å². The highest BCUT2D eigenvalue weighted by atomic mass is 35.5. The van der Waals surface area contributed by atoms with E-state index in [0.29, 0.717) is 30.5 Å². The Bertz CT molecular complexity index is 1980. The number of esters is 1. The number of aryl methyl sites for hydroxylation is 2. The first-order chi connectivity index (χ1) is 20.5. The standard InChI is InChI=1S/C19H18N6O5.C9H10N2O2.ClH/c1-30-18(29)9-2-4-10-8(6-9)3-5-11(10)23-16(26)12-7-13(17(27)28)25-15(22-12)14(20)24-19(25)21;1-11-7-4-6(5-10)2-3-8(7)13-9(11)12;/h2,4,6-7,11H,3,5,20H2,1H3,(H2,21,24)(H,23,26)(H,27,28);2-4H,5,10H2,1H3;1H/t11-;;/m0../s1. The Hall–Kier alpha value is -5.41. The number of methoxy groups -OCH3 is 1. The fourth-order valence-corrected chi connectivity index (χ4v) is 4.95. The van der Waals surface area contributed by atoms with Crippen LogP contribution in [0.25, 0.3) is 16.7 Å². The highest BCUT2D eigenvalue weighted by Crippen LogP contribution is 2.32. The summed E-state index contributed by atoms with van der Waals surface area (Å²) in [6.07, 6.45) is 1.30. The molecule has 16 heteroatoms. The number of nitrogen functional groups attached to an aromatic ring is 2. The molecule has 8 N–H and O–H groups in total. The van der Waals surface area contributed by atoms with Crippen LogP contribution in [-0.2, 0) is 24.8 Å². The highest BCUT2D eigenvalue weighted by Gasteiger charge is 2.27. The topological polar surface area (TPSA) is 236 Å². The first-order valence-electron chi connectivity index (χ1n) is 13.0. The van der Waals surface area contributed by atoms with Crippen molar-refractivity contribution in [1.82, 2.24) is 24.3 Å². The van der Waals surface area contributed by atoms with Gasteiger partial charge in [0.25, 0.3) is 5.91 Å². The third-order valence-corrected chi connectivity index (χ3v) is 7.14. The second-order valence-electron chi connectivity index (χ2n) is 9.75. The molecule has 0 saturated carbocycles. The molecule has 2 aromatic carbocycles. The number of nitrogens with one attached hydrogen (secondary N) is 1. The summed E-state index contributed by atoms with van der Waals surface area (Å²) < 4.78 is 12.2. The molecule has 3 aromatic heterocycles. The third-order valence-electron chi connectivity index (χ3n) is 7.14. The molecule has 0 bridgehead atoms. The number of nitrogens with two attached hydrogens (primary N) is 3. The number of benzene rings is 2. The lowest BCUT2D eigenvalue weighted by Gasteiger charge is -2.15. The van der Waals surface area contributed by atoms with Crippen molar-refractivity contribution in [3.05, 3.63) is 86.7 Å². The molecule has 1 aliphatic carbocycles. The zero-order chi connectivity index (χ0) is 31.0. The summed E-state index contributed by atoms with van der Waals surface area (Å²) in [5.41, 5.74) is 21.2. The molecule has 0 unspecified atom stereocenters. The molecule has 0 fully saturated rings. The van der Waals surface area contributed by atoms with Crippen molar-refractivity contribution in [2.45, 2.75) is 25.4 Å². The van der Waals surface area contributed by atoms with Gasteiger partial charge in [0, 0.05) is 19.7 Å². The molecular formula is C28H29ClN8O7. The number of anilines is 2. The Morgan fingerprint density at radius 2 is 1.89 bits per heavy atom.